The van der Waals surface area contributed by atoms with E-state index in [1.165, 1.54) is 5.01 Å². The van der Waals surface area contributed by atoms with E-state index in [9.17, 15) is 4.79 Å². The van der Waals surface area contributed by atoms with Gasteiger partial charge in [0.15, 0.2) is 0 Å². The second-order valence-corrected chi connectivity index (χ2v) is 2.02. The van der Waals surface area contributed by atoms with Crippen LogP contribution in [0.4, 0.5) is 4.79 Å². The van der Waals surface area contributed by atoms with Crippen LogP contribution in [-0.2, 0) is 0 Å². The fourth-order valence-electron chi connectivity index (χ4n) is 0.740. The summed E-state index contributed by atoms with van der Waals surface area (Å²) in [5.41, 5.74) is 0. The number of carboxylic acid groups (broad SMARTS) is 1. The second kappa shape index (κ2) is 4.58. The lowest BCUT2D eigenvalue weighted by Gasteiger charge is -2.26. The van der Waals surface area contributed by atoms with Gasteiger partial charge in [-0.3, -0.25) is 0 Å². The molecular formula is C7H12N2O2. The average Bonchev–Trinajstić information content (AvgIpc) is 1.88. The number of nitrogens with zero attached hydrogens (tertiary/aromatic N) is 2. The summed E-state index contributed by atoms with van der Waals surface area (Å²) in [4.78, 5) is 10.5. The van der Waals surface area contributed by atoms with E-state index in [2.05, 4.69) is 5.92 Å². The fraction of sp³-hybridized carbons (Fsp3) is 0.571. The summed E-state index contributed by atoms with van der Waals surface area (Å²) in [5, 5.41) is 11.2. The van der Waals surface area contributed by atoms with Gasteiger partial charge in [-0.05, 0) is 6.92 Å². The number of terminal acetylenes is 1. The van der Waals surface area contributed by atoms with Gasteiger partial charge in [0, 0.05) is 13.6 Å². The van der Waals surface area contributed by atoms with Crippen molar-refractivity contribution in [3.8, 4) is 12.3 Å². The van der Waals surface area contributed by atoms with E-state index in [0.29, 0.717) is 13.1 Å². The van der Waals surface area contributed by atoms with Gasteiger partial charge >= 0.3 is 6.09 Å². The second-order valence-electron chi connectivity index (χ2n) is 2.02. The summed E-state index contributed by atoms with van der Waals surface area (Å²) in [6.07, 6.45) is 4.03. The van der Waals surface area contributed by atoms with Crippen LogP contribution in [0.1, 0.15) is 6.92 Å². The Morgan fingerprint density at radius 3 is 2.55 bits per heavy atom. The molecule has 0 radical (unpaired) electrons. The van der Waals surface area contributed by atoms with Crippen LogP contribution in [-0.4, -0.2) is 41.4 Å². The molecule has 0 heterocycles. The summed E-state index contributed by atoms with van der Waals surface area (Å²) in [7, 11) is 1.64. The van der Waals surface area contributed by atoms with E-state index in [1.807, 2.05) is 0 Å². The van der Waals surface area contributed by atoms with Crippen LogP contribution in [0.25, 0.3) is 0 Å². The fourth-order valence-corrected chi connectivity index (χ4v) is 0.740. The van der Waals surface area contributed by atoms with Crippen molar-refractivity contribution in [2.75, 3.05) is 20.1 Å². The quantitative estimate of drug-likeness (QED) is 0.477. The Morgan fingerprint density at radius 2 is 2.27 bits per heavy atom. The highest BCUT2D eigenvalue weighted by Crippen LogP contribution is 1.93. The molecule has 4 nitrogen and oxygen atoms in total. The molecule has 0 fully saturated rings. The van der Waals surface area contributed by atoms with Crippen LogP contribution in [0.3, 0.4) is 0 Å². The molecule has 62 valence electrons. The predicted molar refractivity (Wildman–Crippen MR) is 41.9 cm³/mol. The molecule has 0 bridgehead atoms. The van der Waals surface area contributed by atoms with Gasteiger partial charge in [-0.1, -0.05) is 5.92 Å². The summed E-state index contributed by atoms with van der Waals surface area (Å²) in [6.45, 7) is 2.47. The van der Waals surface area contributed by atoms with Crippen molar-refractivity contribution in [1.82, 2.24) is 10.0 Å². The van der Waals surface area contributed by atoms with E-state index in [1.54, 1.807) is 14.0 Å². The van der Waals surface area contributed by atoms with Crippen LogP contribution in [0, 0.1) is 12.3 Å². The lowest BCUT2D eigenvalue weighted by molar-refractivity contribution is 0.0261. The number of hydrazine groups is 1. The Bertz CT molecular complexity index is 174. The van der Waals surface area contributed by atoms with Gasteiger partial charge in [-0.25, -0.2) is 14.8 Å². The number of hydrogen-bond acceptors (Lipinski definition) is 2. The van der Waals surface area contributed by atoms with Crippen LogP contribution in [0.5, 0.6) is 0 Å². The van der Waals surface area contributed by atoms with E-state index in [0.717, 1.165) is 5.01 Å². The lowest BCUT2D eigenvalue weighted by atomic mass is 10.6. The molecular weight excluding hydrogens is 144 g/mol. The number of hydrogen-bond donors (Lipinski definition) is 1. The van der Waals surface area contributed by atoms with Crippen molar-refractivity contribution in [3.05, 3.63) is 0 Å². The molecule has 11 heavy (non-hydrogen) atoms. The zero-order chi connectivity index (χ0) is 8.85. The van der Waals surface area contributed by atoms with Gasteiger partial charge in [0.2, 0.25) is 0 Å². The average molecular weight is 156 g/mol. The summed E-state index contributed by atoms with van der Waals surface area (Å²) in [6, 6.07) is 0. The maximum atomic E-state index is 10.5. The minimum Gasteiger partial charge on any atom is -0.464 e. The first kappa shape index (κ1) is 9.79. The van der Waals surface area contributed by atoms with Crippen molar-refractivity contribution >= 4 is 6.09 Å². The SMILES string of the molecule is C#CCN(C)N(CC)C(=O)O. The molecule has 0 aromatic heterocycles. The van der Waals surface area contributed by atoms with E-state index >= 15 is 0 Å². The van der Waals surface area contributed by atoms with Crippen LogP contribution in [0.2, 0.25) is 0 Å². The molecule has 0 saturated carbocycles. The summed E-state index contributed by atoms with van der Waals surface area (Å²) >= 11 is 0. The maximum absolute atomic E-state index is 10.5. The Morgan fingerprint density at radius 1 is 1.73 bits per heavy atom. The van der Waals surface area contributed by atoms with Crippen molar-refractivity contribution in [1.29, 1.82) is 0 Å². The first-order valence-corrected chi connectivity index (χ1v) is 3.28. The van der Waals surface area contributed by atoms with Crippen LogP contribution < -0.4 is 0 Å². The van der Waals surface area contributed by atoms with E-state index in [-0.39, 0.29) is 0 Å². The summed E-state index contributed by atoms with van der Waals surface area (Å²) in [5.74, 6) is 2.36. The monoisotopic (exact) mass is 156 g/mol. The van der Waals surface area contributed by atoms with Gasteiger partial charge in [0.1, 0.15) is 0 Å². The summed E-state index contributed by atoms with van der Waals surface area (Å²) < 4.78 is 0. The predicted octanol–water partition coefficient (Wildman–Crippen LogP) is 0.466. The molecule has 0 rings (SSSR count). The van der Waals surface area contributed by atoms with Gasteiger partial charge in [0.25, 0.3) is 0 Å². The number of rotatable bonds is 3. The molecule has 0 unspecified atom stereocenters. The molecule has 0 aliphatic rings. The third-order valence-corrected chi connectivity index (χ3v) is 1.25. The molecule has 0 saturated heterocycles. The van der Waals surface area contributed by atoms with Gasteiger partial charge in [-0.2, -0.15) is 0 Å². The normalized spacial score (nSPS) is 9.27. The number of carbonyl (C=O) groups is 1. The van der Waals surface area contributed by atoms with Gasteiger partial charge in [-0.15, -0.1) is 6.42 Å². The Labute approximate surface area is 66.4 Å². The van der Waals surface area contributed by atoms with Crippen molar-refractivity contribution in [2.24, 2.45) is 0 Å². The minimum atomic E-state index is -0.981. The standard InChI is InChI=1S/C7H12N2O2/c1-4-6-8(3)9(5-2)7(10)11/h1H,5-6H2,2-3H3,(H,10,11). The lowest BCUT2D eigenvalue weighted by Crippen LogP contribution is -2.43. The van der Waals surface area contributed by atoms with Crippen molar-refractivity contribution in [2.45, 2.75) is 6.92 Å². The maximum Gasteiger partial charge on any atom is 0.421 e. The topological polar surface area (TPSA) is 43.8 Å². The highest BCUT2D eigenvalue weighted by Gasteiger charge is 2.12. The molecule has 0 spiro atoms. The van der Waals surface area contributed by atoms with Gasteiger partial charge < -0.3 is 5.11 Å². The largest absolute Gasteiger partial charge is 0.464 e. The highest BCUT2D eigenvalue weighted by atomic mass is 16.4. The Balaban J connectivity index is 4.04. The molecule has 0 aromatic carbocycles. The highest BCUT2D eigenvalue weighted by molar-refractivity contribution is 5.64. The van der Waals surface area contributed by atoms with Crippen LogP contribution >= 0.6 is 0 Å². The molecule has 1 N–H and O–H groups in total. The van der Waals surface area contributed by atoms with Crippen molar-refractivity contribution in [3.63, 3.8) is 0 Å². The van der Waals surface area contributed by atoms with E-state index < -0.39 is 6.09 Å². The third-order valence-electron chi connectivity index (χ3n) is 1.25. The molecule has 4 heteroatoms. The first-order chi connectivity index (χ1) is 5.13. The van der Waals surface area contributed by atoms with Crippen LogP contribution in [0.15, 0.2) is 0 Å². The van der Waals surface area contributed by atoms with Crippen molar-refractivity contribution < 1.29 is 9.90 Å². The molecule has 0 atom stereocenters. The molecule has 1 amide bonds. The zero-order valence-electron chi connectivity index (χ0n) is 6.74. The first-order valence-electron chi connectivity index (χ1n) is 3.28. The Kier molecular flexibility index (Phi) is 4.08. The van der Waals surface area contributed by atoms with Gasteiger partial charge in [0.05, 0.1) is 6.54 Å². The smallest absolute Gasteiger partial charge is 0.421 e. The van der Waals surface area contributed by atoms with E-state index in [4.69, 9.17) is 11.5 Å². The number of amides is 1. The third kappa shape index (κ3) is 2.92. The molecule has 0 aliphatic carbocycles. The minimum absolute atomic E-state index is 0.306. The molecule has 0 aliphatic heterocycles. The zero-order valence-corrected chi connectivity index (χ0v) is 6.74. The Hall–Kier alpha value is -1.21. The molecule has 0 aromatic rings.